The number of methoxy groups -OCH3 is 1. The number of carbonyl (C=O) groups excluding carboxylic acids is 1. The highest BCUT2D eigenvalue weighted by molar-refractivity contribution is 7.11. The van der Waals surface area contributed by atoms with Crippen LogP contribution in [0.25, 0.3) is 0 Å². The van der Waals surface area contributed by atoms with Gasteiger partial charge < -0.3 is 9.64 Å². The summed E-state index contributed by atoms with van der Waals surface area (Å²) in [6.45, 7) is 3.77. The Balaban J connectivity index is 1.51. The molecule has 1 aliphatic carbocycles. The first kappa shape index (κ1) is 16.6. The van der Waals surface area contributed by atoms with Crippen LogP contribution in [0.3, 0.4) is 0 Å². The van der Waals surface area contributed by atoms with Crippen LogP contribution in [-0.4, -0.2) is 36.0 Å². The maximum Gasteiger partial charge on any atom is 0.233 e. The summed E-state index contributed by atoms with van der Waals surface area (Å²) in [6, 6.07) is 8.02. The molecule has 0 N–H and O–H groups in total. The Morgan fingerprint density at radius 1 is 1.32 bits per heavy atom. The van der Waals surface area contributed by atoms with Crippen molar-refractivity contribution >= 4 is 17.2 Å². The molecule has 1 amide bonds. The highest BCUT2D eigenvalue weighted by atomic mass is 32.1. The van der Waals surface area contributed by atoms with Gasteiger partial charge in [0.05, 0.1) is 17.5 Å². The molecule has 2 aliphatic rings. The largest absolute Gasteiger partial charge is 0.497 e. The number of nitrogens with zero attached hydrogens (tertiary/aromatic N) is 2. The Morgan fingerprint density at radius 2 is 2.08 bits per heavy atom. The number of aryl methyl sites for hydroxylation is 1. The number of hydrogen-bond acceptors (Lipinski definition) is 4. The summed E-state index contributed by atoms with van der Waals surface area (Å²) in [5.74, 6) is 1.53. The Morgan fingerprint density at radius 3 is 2.68 bits per heavy atom. The van der Waals surface area contributed by atoms with E-state index < -0.39 is 0 Å². The van der Waals surface area contributed by atoms with E-state index >= 15 is 0 Å². The van der Waals surface area contributed by atoms with Crippen LogP contribution >= 0.6 is 11.3 Å². The standard InChI is InChI=1S/C20H24N2O2S/c1-14-12-21-18(25-14)15-4-3-11-22(13-15)19(23)20(9-10-20)16-5-7-17(24-2)8-6-16/h5-8,12,15H,3-4,9-11,13H2,1-2H3/t15-/m0/s1. The van der Waals surface area contributed by atoms with Crippen LogP contribution in [0.15, 0.2) is 30.5 Å². The zero-order valence-corrected chi connectivity index (χ0v) is 15.6. The molecule has 4 rings (SSSR count). The van der Waals surface area contributed by atoms with Gasteiger partial charge in [0.1, 0.15) is 5.75 Å². The molecule has 0 radical (unpaired) electrons. The first-order chi connectivity index (χ1) is 12.1. The van der Waals surface area contributed by atoms with Gasteiger partial charge in [-0.2, -0.15) is 0 Å². The van der Waals surface area contributed by atoms with E-state index in [9.17, 15) is 4.79 Å². The fourth-order valence-electron chi connectivity index (χ4n) is 3.89. The third-order valence-electron chi connectivity index (χ3n) is 5.50. The van der Waals surface area contributed by atoms with Gasteiger partial charge >= 0.3 is 0 Å². The maximum absolute atomic E-state index is 13.3. The number of benzene rings is 1. The SMILES string of the molecule is COc1ccc(C2(C(=O)N3CCC[C@H](c4ncc(C)s4)C3)CC2)cc1. The smallest absolute Gasteiger partial charge is 0.233 e. The molecule has 2 aromatic rings. The maximum atomic E-state index is 13.3. The normalized spacial score (nSPS) is 21.8. The number of thiazole rings is 1. The summed E-state index contributed by atoms with van der Waals surface area (Å²) in [5.41, 5.74) is 0.831. The molecule has 0 unspecified atom stereocenters. The first-order valence-corrected chi connectivity index (χ1v) is 9.80. The topological polar surface area (TPSA) is 42.4 Å². The van der Waals surface area contributed by atoms with Crippen LogP contribution in [0, 0.1) is 6.92 Å². The van der Waals surface area contributed by atoms with E-state index in [2.05, 4.69) is 28.9 Å². The Bertz CT molecular complexity index is 764. The molecular formula is C20H24N2O2S. The van der Waals surface area contributed by atoms with Gasteiger partial charge in [0.25, 0.3) is 0 Å². The molecule has 1 aromatic carbocycles. The van der Waals surface area contributed by atoms with Gasteiger partial charge in [-0.25, -0.2) is 4.98 Å². The summed E-state index contributed by atoms with van der Waals surface area (Å²) < 4.78 is 5.24. The average Bonchev–Trinajstić information content (AvgIpc) is 3.36. The van der Waals surface area contributed by atoms with Gasteiger partial charge in [-0.1, -0.05) is 12.1 Å². The molecule has 132 valence electrons. The van der Waals surface area contributed by atoms with Crippen LogP contribution in [0.1, 0.15) is 47.0 Å². The van der Waals surface area contributed by atoms with E-state index in [1.165, 1.54) is 9.88 Å². The molecular weight excluding hydrogens is 332 g/mol. The number of amides is 1. The lowest BCUT2D eigenvalue weighted by atomic mass is 9.91. The average molecular weight is 356 g/mol. The van der Waals surface area contributed by atoms with Gasteiger partial charge in [-0.3, -0.25) is 4.79 Å². The molecule has 1 saturated heterocycles. The van der Waals surface area contributed by atoms with Crippen LogP contribution in [0.5, 0.6) is 5.75 Å². The van der Waals surface area contributed by atoms with E-state index in [4.69, 9.17) is 4.74 Å². The van der Waals surface area contributed by atoms with Crippen LogP contribution < -0.4 is 4.74 Å². The second kappa shape index (κ2) is 6.45. The zero-order chi connectivity index (χ0) is 17.4. The lowest BCUT2D eigenvalue weighted by Gasteiger charge is -2.34. The molecule has 1 aliphatic heterocycles. The van der Waals surface area contributed by atoms with E-state index in [1.807, 2.05) is 18.3 Å². The third-order valence-corrected chi connectivity index (χ3v) is 6.57. The molecule has 0 bridgehead atoms. The van der Waals surface area contributed by atoms with E-state index in [0.717, 1.165) is 50.1 Å². The second-order valence-corrected chi connectivity index (χ2v) is 8.48. The second-order valence-electron chi connectivity index (χ2n) is 7.21. The van der Waals surface area contributed by atoms with Crippen LogP contribution in [0.2, 0.25) is 0 Å². The molecule has 1 atom stereocenters. The van der Waals surface area contributed by atoms with Crippen molar-refractivity contribution in [2.24, 2.45) is 0 Å². The van der Waals surface area contributed by atoms with Gasteiger partial charge in [0.15, 0.2) is 0 Å². The molecule has 25 heavy (non-hydrogen) atoms. The summed E-state index contributed by atoms with van der Waals surface area (Å²) in [7, 11) is 1.67. The van der Waals surface area contributed by atoms with E-state index in [0.29, 0.717) is 11.8 Å². The molecule has 2 fully saturated rings. The molecule has 0 spiro atoms. The van der Waals surface area contributed by atoms with Crippen molar-refractivity contribution in [1.29, 1.82) is 0 Å². The minimum absolute atomic E-state index is 0.299. The van der Waals surface area contributed by atoms with Gasteiger partial charge in [0, 0.05) is 30.1 Å². The Kier molecular flexibility index (Phi) is 4.28. The van der Waals surface area contributed by atoms with Crippen molar-refractivity contribution in [3.05, 3.63) is 45.9 Å². The summed E-state index contributed by atoms with van der Waals surface area (Å²) in [4.78, 5) is 21.2. The van der Waals surface area contributed by atoms with Crippen molar-refractivity contribution in [3.8, 4) is 5.75 Å². The number of rotatable bonds is 4. The molecule has 4 nitrogen and oxygen atoms in total. The van der Waals surface area contributed by atoms with E-state index in [1.54, 1.807) is 18.4 Å². The number of carbonyl (C=O) groups is 1. The minimum Gasteiger partial charge on any atom is -0.497 e. The number of likely N-dealkylation sites (tertiary alicyclic amines) is 1. The molecule has 5 heteroatoms. The number of aromatic nitrogens is 1. The monoisotopic (exact) mass is 356 g/mol. The van der Waals surface area contributed by atoms with Crippen LogP contribution in [-0.2, 0) is 10.2 Å². The van der Waals surface area contributed by atoms with Crippen molar-refractivity contribution in [2.45, 2.75) is 43.9 Å². The third kappa shape index (κ3) is 3.06. The van der Waals surface area contributed by atoms with Crippen LogP contribution in [0.4, 0.5) is 0 Å². The highest BCUT2D eigenvalue weighted by Crippen LogP contribution is 2.50. The minimum atomic E-state index is -0.299. The number of ether oxygens (including phenoxy) is 1. The van der Waals surface area contributed by atoms with Gasteiger partial charge in [0.2, 0.25) is 5.91 Å². The highest BCUT2D eigenvalue weighted by Gasteiger charge is 2.53. The fraction of sp³-hybridized carbons (Fsp3) is 0.500. The number of hydrogen-bond donors (Lipinski definition) is 0. The lowest BCUT2D eigenvalue weighted by Crippen LogP contribution is -2.44. The van der Waals surface area contributed by atoms with Crippen molar-refractivity contribution in [1.82, 2.24) is 9.88 Å². The zero-order valence-electron chi connectivity index (χ0n) is 14.8. The molecule has 1 aromatic heterocycles. The van der Waals surface area contributed by atoms with Gasteiger partial charge in [-0.05, 0) is 50.3 Å². The summed E-state index contributed by atoms with van der Waals surface area (Å²) in [5, 5.41) is 1.18. The fourth-order valence-corrected chi connectivity index (χ4v) is 4.79. The quantitative estimate of drug-likeness (QED) is 0.834. The Hall–Kier alpha value is -1.88. The Labute approximate surface area is 152 Å². The predicted octanol–water partition coefficient (Wildman–Crippen LogP) is 3.90. The molecule has 2 heterocycles. The molecule has 1 saturated carbocycles. The first-order valence-electron chi connectivity index (χ1n) is 8.98. The van der Waals surface area contributed by atoms with E-state index in [-0.39, 0.29) is 5.41 Å². The van der Waals surface area contributed by atoms with Gasteiger partial charge in [-0.15, -0.1) is 11.3 Å². The summed E-state index contributed by atoms with van der Waals surface area (Å²) in [6.07, 6.45) is 6.05. The van der Waals surface area contributed by atoms with Crippen molar-refractivity contribution < 1.29 is 9.53 Å². The summed E-state index contributed by atoms with van der Waals surface area (Å²) >= 11 is 1.77. The lowest BCUT2D eigenvalue weighted by molar-refractivity contribution is -0.135. The van der Waals surface area contributed by atoms with Crippen molar-refractivity contribution in [2.75, 3.05) is 20.2 Å². The predicted molar refractivity (Wildman–Crippen MR) is 99.3 cm³/mol. The number of piperidine rings is 1. The van der Waals surface area contributed by atoms with Crippen molar-refractivity contribution in [3.63, 3.8) is 0 Å².